The Morgan fingerprint density at radius 1 is 1.71 bits per heavy atom. The fourth-order valence-corrected chi connectivity index (χ4v) is 1.11. The van der Waals surface area contributed by atoms with Crippen LogP contribution in [-0.2, 0) is 9.59 Å². The van der Waals surface area contributed by atoms with Gasteiger partial charge < -0.3 is 10.6 Å². The summed E-state index contributed by atoms with van der Waals surface area (Å²) < 4.78 is 0. The minimum atomic E-state index is -0.327. The van der Waals surface area contributed by atoms with E-state index in [2.05, 4.69) is 22.5 Å². The molecule has 0 aromatic rings. The maximum absolute atomic E-state index is 11.4. The first-order chi connectivity index (χ1) is 6.59. The van der Waals surface area contributed by atoms with Gasteiger partial charge in [-0.3, -0.25) is 14.9 Å². The zero-order chi connectivity index (χ0) is 10.6. The van der Waals surface area contributed by atoms with Gasteiger partial charge in [-0.15, -0.1) is 0 Å². The van der Waals surface area contributed by atoms with Crippen molar-refractivity contribution in [2.45, 2.75) is 13.0 Å². The summed E-state index contributed by atoms with van der Waals surface area (Å²) in [6.07, 6.45) is 0. The Hall–Kier alpha value is -1.36. The van der Waals surface area contributed by atoms with E-state index in [4.69, 9.17) is 0 Å². The average molecular weight is 197 g/mol. The van der Waals surface area contributed by atoms with Crippen molar-refractivity contribution < 1.29 is 9.59 Å². The van der Waals surface area contributed by atoms with E-state index in [1.165, 1.54) is 0 Å². The van der Waals surface area contributed by atoms with E-state index in [9.17, 15) is 9.59 Å². The van der Waals surface area contributed by atoms with Crippen LogP contribution in [0.25, 0.3) is 0 Å². The van der Waals surface area contributed by atoms with E-state index < -0.39 is 0 Å². The molecular formula is C9H15N3O2. The topological polar surface area (TPSA) is 70.2 Å². The number of hydrogen-bond donors (Lipinski definition) is 3. The van der Waals surface area contributed by atoms with Crippen LogP contribution in [0.4, 0.5) is 0 Å². The highest BCUT2D eigenvalue weighted by molar-refractivity contribution is 5.86. The number of hydrogen-bond acceptors (Lipinski definition) is 3. The van der Waals surface area contributed by atoms with E-state index in [1.54, 1.807) is 0 Å². The molecule has 2 amide bonds. The van der Waals surface area contributed by atoms with Crippen LogP contribution in [0.3, 0.4) is 0 Å². The number of piperazine rings is 1. The van der Waals surface area contributed by atoms with Crippen LogP contribution in [0.1, 0.15) is 6.92 Å². The third kappa shape index (κ3) is 3.18. The number of carbonyl (C=O) groups excluding carboxylic acids is 2. The largest absolute Gasteiger partial charge is 0.353 e. The zero-order valence-electron chi connectivity index (χ0n) is 8.22. The fraction of sp³-hybridized carbons (Fsp3) is 0.556. The lowest BCUT2D eigenvalue weighted by molar-refractivity contribution is -0.126. The van der Waals surface area contributed by atoms with Gasteiger partial charge in [0.05, 0.1) is 6.54 Å². The predicted molar refractivity (Wildman–Crippen MR) is 52.6 cm³/mol. The maximum Gasteiger partial charge on any atom is 0.239 e. The van der Waals surface area contributed by atoms with E-state index in [-0.39, 0.29) is 24.4 Å². The van der Waals surface area contributed by atoms with E-state index in [1.807, 2.05) is 6.92 Å². The van der Waals surface area contributed by atoms with E-state index >= 15 is 0 Å². The highest BCUT2D eigenvalue weighted by atomic mass is 16.2. The Balaban J connectivity index is 2.30. The lowest BCUT2D eigenvalue weighted by Gasteiger charge is -2.23. The number of rotatable bonds is 3. The van der Waals surface area contributed by atoms with Crippen molar-refractivity contribution in [2.24, 2.45) is 0 Å². The third-order valence-corrected chi connectivity index (χ3v) is 1.89. The van der Waals surface area contributed by atoms with Crippen LogP contribution in [0.5, 0.6) is 0 Å². The molecule has 1 saturated heterocycles. The van der Waals surface area contributed by atoms with Gasteiger partial charge in [-0.25, -0.2) is 0 Å². The Kier molecular flexibility index (Phi) is 3.64. The van der Waals surface area contributed by atoms with Gasteiger partial charge >= 0.3 is 0 Å². The van der Waals surface area contributed by atoms with Crippen LogP contribution in [0.15, 0.2) is 12.2 Å². The summed E-state index contributed by atoms with van der Waals surface area (Å²) in [5.41, 5.74) is 0.901. The molecule has 0 spiro atoms. The highest BCUT2D eigenvalue weighted by Crippen LogP contribution is 1.89. The number of carbonyl (C=O) groups is 2. The van der Waals surface area contributed by atoms with Crippen LogP contribution in [0, 0.1) is 0 Å². The summed E-state index contributed by atoms with van der Waals surface area (Å²) in [6.45, 7) is 6.55. The van der Waals surface area contributed by atoms with Gasteiger partial charge in [0.2, 0.25) is 11.8 Å². The van der Waals surface area contributed by atoms with Crippen molar-refractivity contribution in [3.63, 3.8) is 0 Å². The van der Waals surface area contributed by atoms with Gasteiger partial charge in [0.15, 0.2) is 0 Å². The fourth-order valence-electron chi connectivity index (χ4n) is 1.11. The Labute approximate surface area is 82.9 Å². The first-order valence-electron chi connectivity index (χ1n) is 4.52. The summed E-state index contributed by atoms with van der Waals surface area (Å²) >= 11 is 0. The molecule has 0 aliphatic carbocycles. The van der Waals surface area contributed by atoms with Crippen LogP contribution < -0.4 is 16.0 Å². The second kappa shape index (κ2) is 4.76. The van der Waals surface area contributed by atoms with Crippen molar-refractivity contribution in [3.8, 4) is 0 Å². The van der Waals surface area contributed by atoms with Gasteiger partial charge in [0, 0.05) is 13.1 Å². The average Bonchev–Trinajstić information content (AvgIpc) is 2.15. The van der Waals surface area contributed by atoms with Crippen LogP contribution >= 0.6 is 0 Å². The molecule has 1 fully saturated rings. The number of amides is 2. The molecular weight excluding hydrogens is 182 g/mol. The molecule has 0 aromatic heterocycles. The van der Waals surface area contributed by atoms with Crippen molar-refractivity contribution in [2.75, 3.05) is 19.6 Å². The standard InChI is InChI=1S/C9H15N3O2/c1-6(2)3-12-9(14)7-4-11-8(13)5-10-7/h7,10H,1,3-5H2,2H3,(H,11,13)(H,12,14). The predicted octanol–water partition coefficient (Wildman–Crippen LogP) is -1.23. The Morgan fingerprint density at radius 3 is 2.93 bits per heavy atom. The molecule has 1 aliphatic heterocycles. The van der Waals surface area contributed by atoms with Crippen LogP contribution in [0.2, 0.25) is 0 Å². The molecule has 5 heteroatoms. The van der Waals surface area contributed by atoms with Gasteiger partial charge in [-0.05, 0) is 6.92 Å². The molecule has 1 rings (SSSR count). The molecule has 1 heterocycles. The summed E-state index contributed by atoms with van der Waals surface area (Å²) in [7, 11) is 0. The molecule has 1 aliphatic rings. The summed E-state index contributed by atoms with van der Waals surface area (Å²) in [4.78, 5) is 22.2. The molecule has 3 N–H and O–H groups in total. The monoisotopic (exact) mass is 197 g/mol. The van der Waals surface area contributed by atoms with Gasteiger partial charge in [-0.2, -0.15) is 0 Å². The molecule has 14 heavy (non-hydrogen) atoms. The smallest absolute Gasteiger partial charge is 0.239 e. The third-order valence-electron chi connectivity index (χ3n) is 1.89. The molecule has 0 aromatic carbocycles. The summed E-state index contributed by atoms with van der Waals surface area (Å²) in [6, 6.07) is -0.327. The van der Waals surface area contributed by atoms with E-state index in [0.717, 1.165) is 5.57 Å². The number of nitrogens with one attached hydrogen (secondary N) is 3. The lowest BCUT2D eigenvalue weighted by atomic mass is 10.2. The highest BCUT2D eigenvalue weighted by Gasteiger charge is 2.22. The first-order valence-corrected chi connectivity index (χ1v) is 4.52. The molecule has 0 radical (unpaired) electrons. The van der Waals surface area contributed by atoms with Crippen molar-refractivity contribution in [1.82, 2.24) is 16.0 Å². The molecule has 78 valence electrons. The van der Waals surface area contributed by atoms with Crippen molar-refractivity contribution in [3.05, 3.63) is 12.2 Å². The van der Waals surface area contributed by atoms with Crippen molar-refractivity contribution in [1.29, 1.82) is 0 Å². The van der Waals surface area contributed by atoms with E-state index in [0.29, 0.717) is 13.1 Å². The second-order valence-electron chi connectivity index (χ2n) is 3.41. The maximum atomic E-state index is 11.4. The van der Waals surface area contributed by atoms with Crippen molar-refractivity contribution >= 4 is 11.8 Å². The Morgan fingerprint density at radius 2 is 2.43 bits per heavy atom. The molecule has 0 bridgehead atoms. The minimum Gasteiger partial charge on any atom is -0.353 e. The summed E-state index contributed by atoms with van der Waals surface area (Å²) in [5.74, 6) is -0.179. The molecule has 0 saturated carbocycles. The zero-order valence-corrected chi connectivity index (χ0v) is 8.22. The second-order valence-corrected chi connectivity index (χ2v) is 3.41. The quantitative estimate of drug-likeness (QED) is 0.496. The van der Waals surface area contributed by atoms with Gasteiger partial charge in [0.25, 0.3) is 0 Å². The minimum absolute atomic E-state index is 0.0750. The summed E-state index contributed by atoms with van der Waals surface area (Å²) in [5, 5.41) is 8.17. The molecule has 5 nitrogen and oxygen atoms in total. The van der Waals surface area contributed by atoms with Gasteiger partial charge in [-0.1, -0.05) is 12.2 Å². The SMILES string of the molecule is C=C(C)CNC(=O)C1CNC(=O)CN1. The lowest BCUT2D eigenvalue weighted by Crippen LogP contribution is -2.58. The normalized spacial score (nSPS) is 21.2. The molecule has 1 atom stereocenters. The Bertz CT molecular complexity index is 253. The van der Waals surface area contributed by atoms with Gasteiger partial charge in [0.1, 0.15) is 6.04 Å². The molecule has 1 unspecified atom stereocenters. The van der Waals surface area contributed by atoms with Crippen LogP contribution in [-0.4, -0.2) is 37.5 Å². The first kappa shape index (κ1) is 10.7.